The second-order valence-electron chi connectivity index (χ2n) is 5.32. The van der Waals surface area contributed by atoms with Crippen LogP contribution in [-0.2, 0) is 0 Å². The fourth-order valence-electron chi connectivity index (χ4n) is 2.60. The van der Waals surface area contributed by atoms with Crippen molar-refractivity contribution >= 4 is 22.9 Å². The number of nitrogens with one attached hydrogen (secondary N) is 1. The molecule has 2 aromatic rings. The Kier molecular flexibility index (Phi) is 4.20. The summed E-state index contributed by atoms with van der Waals surface area (Å²) in [4.78, 5) is 18.6. The minimum Gasteiger partial charge on any atom is -0.376 e. The average Bonchev–Trinajstić information content (AvgIpc) is 3.20. The molecule has 2 heterocycles. The number of nitrogens with zero attached hydrogens (tertiary/aromatic N) is 2. The van der Waals surface area contributed by atoms with Gasteiger partial charge in [0.2, 0.25) is 0 Å². The lowest BCUT2D eigenvalue weighted by molar-refractivity contribution is 0.0793. The van der Waals surface area contributed by atoms with Crippen molar-refractivity contribution in [2.45, 2.75) is 25.8 Å². The van der Waals surface area contributed by atoms with Crippen LogP contribution in [0.25, 0.3) is 0 Å². The van der Waals surface area contributed by atoms with Crippen molar-refractivity contribution in [3.05, 3.63) is 46.4 Å². The third kappa shape index (κ3) is 3.24. The second-order valence-corrected chi connectivity index (χ2v) is 6.24. The number of hydrogen-bond donors (Lipinski definition) is 1. The Bertz CT molecular complexity index is 606. The van der Waals surface area contributed by atoms with E-state index in [1.165, 1.54) is 0 Å². The molecule has 1 N–H and O–H groups in total. The van der Waals surface area contributed by atoms with Crippen molar-refractivity contribution < 1.29 is 4.79 Å². The zero-order chi connectivity index (χ0) is 14.7. The summed E-state index contributed by atoms with van der Waals surface area (Å²) in [5.74, 6) is 0.137. The molecule has 0 aliphatic carbocycles. The molecule has 1 aromatic heterocycles. The van der Waals surface area contributed by atoms with Gasteiger partial charge in [0, 0.05) is 35.9 Å². The minimum atomic E-state index is 0.137. The number of carbonyl (C=O) groups excluding carboxylic acids is 1. The molecule has 1 aliphatic heterocycles. The third-order valence-electron chi connectivity index (χ3n) is 3.71. The van der Waals surface area contributed by atoms with E-state index in [4.69, 9.17) is 0 Å². The van der Waals surface area contributed by atoms with Gasteiger partial charge in [-0.15, -0.1) is 11.3 Å². The molecule has 1 aromatic carbocycles. The molecule has 1 aliphatic rings. The van der Waals surface area contributed by atoms with Crippen LogP contribution in [0.2, 0.25) is 0 Å². The van der Waals surface area contributed by atoms with Crippen LogP contribution < -0.4 is 5.32 Å². The van der Waals surface area contributed by atoms with E-state index in [1.807, 2.05) is 40.7 Å². The fraction of sp³-hybridized carbons (Fsp3) is 0.375. The molecule has 0 saturated carbocycles. The first-order chi connectivity index (χ1) is 10.2. The molecule has 4 nitrogen and oxygen atoms in total. The van der Waals surface area contributed by atoms with Crippen LogP contribution in [0.1, 0.15) is 41.2 Å². The maximum absolute atomic E-state index is 12.4. The highest BCUT2D eigenvalue weighted by molar-refractivity contribution is 7.09. The van der Waals surface area contributed by atoms with Crippen molar-refractivity contribution in [3.8, 4) is 0 Å². The van der Waals surface area contributed by atoms with Crippen LogP contribution in [0.3, 0.4) is 0 Å². The molecule has 0 unspecified atom stereocenters. The van der Waals surface area contributed by atoms with Gasteiger partial charge in [-0.25, -0.2) is 4.98 Å². The molecule has 0 radical (unpaired) electrons. The first kappa shape index (κ1) is 14.1. The number of hydrogen-bond acceptors (Lipinski definition) is 4. The normalized spacial score (nSPS) is 16.0. The zero-order valence-electron chi connectivity index (χ0n) is 12.1. The van der Waals surface area contributed by atoms with E-state index in [-0.39, 0.29) is 11.9 Å². The van der Waals surface area contributed by atoms with Crippen molar-refractivity contribution in [1.29, 1.82) is 0 Å². The van der Waals surface area contributed by atoms with Gasteiger partial charge in [-0.1, -0.05) is 6.07 Å². The van der Waals surface area contributed by atoms with Crippen LogP contribution in [0.5, 0.6) is 0 Å². The summed E-state index contributed by atoms with van der Waals surface area (Å²) in [6, 6.07) is 7.89. The van der Waals surface area contributed by atoms with Crippen LogP contribution in [0.4, 0.5) is 5.69 Å². The smallest absolute Gasteiger partial charge is 0.253 e. The summed E-state index contributed by atoms with van der Waals surface area (Å²) in [5, 5.41) is 6.43. The van der Waals surface area contributed by atoms with Gasteiger partial charge >= 0.3 is 0 Å². The summed E-state index contributed by atoms with van der Waals surface area (Å²) >= 11 is 1.63. The number of benzene rings is 1. The molecule has 0 bridgehead atoms. The van der Waals surface area contributed by atoms with Gasteiger partial charge in [0.15, 0.2) is 0 Å². The van der Waals surface area contributed by atoms with Gasteiger partial charge in [-0.2, -0.15) is 0 Å². The Hall–Kier alpha value is -1.88. The van der Waals surface area contributed by atoms with Crippen LogP contribution in [-0.4, -0.2) is 28.9 Å². The highest BCUT2D eigenvalue weighted by Crippen LogP contribution is 2.22. The number of anilines is 1. The maximum Gasteiger partial charge on any atom is 0.253 e. The van der Waals surface area contributed by atoms with Gasteiger partial charge in [0.25, 0.3) is 5.91 Å². The number of amides is 1. The number of thiazole rings is 1. The molecule has 1 fully saturated rings. The molecular weight excluding hydrogens is 282 g/mol. The van der Waals surface area contributed by atoms with Gasteiger partial charge in [-0.05, 0) is 38.0 Å². The van der Waals surface area contributed by atoms with Crippen LogP contribution >= 0.6 is 11.3 Å². The predicted octanol–water partition coefficient (Wildman–Crippen LogP) is 3.55. The van der Waals surface area contributed by atoms with Crippen LogP contribution in [0.15, 0.2) is 35.8 Å². The van der Waals surface area contributed by atoms with Crippen molar-refractivity contribution in [2.75, 3.05) is 18.4 Å². The molecule has 5 heteroatoms. The monoisotopic (exact) mass is 301 g/mol. The standard InChI is InChI=1S/C16H19N3OS/c1-12(15-17-7-10-21-15)18-14-6-4-5-13(11-14)16(20)19-8-2-3-9-19/h4-7,10-12,18H,2-3,8-9H2,1H3/t12-/m0/s1. The molecular formula is C16H19N3OS. The molecule has 110 valence electrons. The van der Waals surface area contributed by atoms with Gasteiger partial charge < -0.3 is 10.2 Å². The van der Waals surface area contributed by atoms with E-state index in [0.717, 1.165) is 42.2 Å². The van der Waals surface area contributed by atoms with E-state index in [0.29, 0.717) is 0 Å². The van der Waals surface area contributed by atoms with E-state index >= 15 is 0 Å². The molecule has 21 heavy (non-hydrogen) atoms. The van der Waals surface area contributed by atoms with Crippen molar-refractivity contribution in [1.82, 2.24) is 9.88 Å². The topological polar surface area (TPSA) is 45.2 Å². The maximum atomic E-state index is 12.4. The summed E-state index contributed by atoms with van der Waals surface area (Å²) in [5.41, 5.74) is 1.72. The Labute approximate surface area is 128 Å². The fourth-order valence-corrected chi connectivity index (χ4v) is 3.25. The van der Waals surface area contributed by atoms with E-state index in [1.54, 1.807) is 11.3 Å². The summed E-state index contributed by atoms with van der Waals surface area (Å²) in [6.45, 7) is 3.84. The number of aromatic nitrogens is 1. The molecule has 1 saturated heterocycles. The summed E-state index contributed by atoms with van der Waals surface area (Å²) in [6.07, 6.45) is 4.04. The molecule has 1 atom stereocenters. The number of likely N-dealkylation sites (tertiary alicyclic amines) is 1. The SMILES string of the molecule is C[C@H](Nc1cccc(C(=O)N2CCCC2)c1)c1nccs1. The van der Waals surface area contributed by atoms with Gasteiger partial charge in [0.1, 0.15) is 5.01 Å². The Morgan fingerprint density at radius 2 is 2.19 bits per heavy atom. The van der Waals surface area contributed by atoms with Crippen molar-refractivity contribution in [2.24, 2.45) is 0 Å². The Morgan fingerprint density at radius 1 is 1.38 bits per heavy atom. The molecule has 1 amide bonds. The first-order valence-corrected chi connectivity index (χ1v) is 8.17. The third-order valence-corrected chi connectivity index (χ3v) is 4.67. The number of rotatable bonds is 4. The Morgan fingerprint density at radius 3 is 2.90 bits per heavy atom. The largest absolute Gasteiger partial charge is 0.376 e. The average molecular weight is 301 g/mol. The zero-order valence-corrected chi connectivity index (χ0v) is 12.9. The van der Waals surface area contributed by atoms with Crippen LogP contribution in [0, 0.1) is 0 Å². The first-order valence-electron chi connectivity index (χ1n) is 7.29. The van der Waals surface area contributed by atoms with E-state index in [9.17, 15) is 4.79 Å². The summed E-state index contributed by atoms with van der Waals surface area (Å²) < 4.78 is 0. The highest BCUT2D eigenvalue weighted by atomic mass is 32.1. The van der Waals surface area contributed by atoms with Gasteiger partial charge in [0.05, 0.1) is 6.04 Å². The second kappa shape index (κ2) is 6.26. The lowest BCUT2D eigenvalue weighted by Crippen LogP contribution is -2.27. The van der Waals surface area contributed by atoms with E-state index in [2.05, 4.69) is 17.2 Å². The quantitative estimate of drug-likeness (QED) is 0.939. The van der Waals surface area contributed by atoms with E-state index < -0.39 is 0 Å². The predicted molar refractivity (Wildman–Crippen MR) is 85.7 cm³/mol. The summed E-state index contributed by atoms with van der Waals surface area (Å²) in [7, 11) is 0. The highest BCUT2D eigenvalue weighted by Gasteiger charge is 2.19. The van der Waals surface area contributed by atoms with Crippen molar-refractivity contribution in [3.63, 3.8) is 0 Å². The molecule has 0 spiro atoms. The lowest BCUT2D eigenvalue weighted by Gasteiger charge is -2.17. The Balaban J connectivity index is 1.72. The lowest BCUT2D eigenvalue weighted by atomic mass is 10.1. The molecule has 3 rings (SSSR count). The van der Waals surface area contributed by atoms with Gasteiger partial charge in [-0.3, -0.25) is 4.79 Å². The number of carbonyl (C=O) groups is 1. The minimum absolute atomic E-state index is 0.137.